The van der Waals surface area contributed by atoms with Gasteiger partial charge in [0.2, 0.25) is 0 Å². The van der Waals surface area contributed by atoms with Crippen molar-refractivity contribution in [3.05, 3.63) is 41.6 Å². The molecule has 1 saturated heterocycles. The number of ether oxygens (including phenoxy) is 1. The number of hydrogen-bond acceptors (Lipinski definition) is 6. The average Bonchev–Trinajstić information content (AvgIpc) is 2.99. The standard InChI is InChI=1S/C16H20N4O3/c1-11-7-13(18-10-17-11)3-4-14-8-20(5-6-22-14)16(21)15-9-23-12(2)19-15/h7,9-10,14H,3-6,8H2,1-2H3/t14-/m0/s1. The van der Waals surface area contributed by atoms with Crippen LogP contribution >= 0.6 is 0 Å². The summed E-state index contributed by atoms with van der Waals surface area (Å²) in [6.45, 7) is 5.35. The third-order valence-corrected chi connectivity index (χ3v) is 3.85. The summed E-state index contributed by atoms with van der Waals surface area (Å²) >= 11 is 0. The number of carbonyl (C=O) groups is 1. The van der Waals surface area contributed by atoms with Crippen LogP contribution in [0, 0.1) is 13.8 Å². The monoisotopic (exact) mass is 316 g/mol. The Labute approximate surface area is 134 Å². The zero-order chi connectivity index (χ0) is 16.2. The Kier molecular flexibility index (Phi) is 4.66. The molecular formula is C16H20N4O3. The van der Waals surface area contributed by atoms with E-state index in [0.29, 0.717) is 31.3 Å². The molecule has 3 rings (SSSR count). The molecule has 0 bridgehead atoms. The number of aromatic nitrogens is 3. The van der Waals surface area contributed by atoms with E-state index in [2.05, 4.69) is 15.0 Å². The maximum absolute atomic E-state index is 12.4. The van der Waals surface area contributed by atoms with Gasteiger partial charge in [0, 0.05) is 31.4 Å². The molecule has 0 N–H and O–H groups in total. The summed E-state index contributed by atoms with van der Waals surface area (Å²) < 4.78 is 10.9. The van der Waals surface area contributed by atoms with E-state index in [1.807, 2.05) is 13.0 Å². The Morgan fingerprint density at radius 2 is 2.26 bits per heavy atom. The molecule has 1 aliphatic rings. The number of morpholine rings is 1. The molecule has 122 valence electrons. The highest BCUT2D eigenvalue weighted by molar-refractivity contribution is 5.92. The first-order valence-corrected chi connectivity index (χ1v) is 7.72. The van der Waals surface area contributed by atoms with Crippen LogP contribution in [0.3, 0.4) is 0 Å². The molecule has 3 heterocycles. The van der Waals surface area contributed by atoms with Crippen LogP contribution in [0.25, 0.3) is 0 Å². The van der Waals surface area contributed by atoms with Gasteiger partial charge in [0.15, 0.2) is 11.6 Å². The molecule has 23 heavy (non-hydrogen) atoms. The van der Waals surface area contributed by atoms with Crippen LogP contribution in [0.4, 0.5) is 0 Å². The molecule has 0 aromatic carbocycles. The van der Waals surface area contributed by atoms with E-state index in [1.54, 1.807) is 18.2 Å². The topological polar surface area (TPSA) is 81.4 Å². The molecule has 1 aliphatic heterocycles. The Hall–Kier alpha value is -2.28. The van der Waals surface area contributed by atoms with Crippen molar-refractivity contribution < 1.29 is 13.9 Å². The number of oxazole rings is 1. The van der Waals surface area contributed by atoms with Crippen molar-refractivity contribution in [1.82, 2.24) is 19.9 Å². The highest BCUT2D eigenvalue weighted by Gasteiger charge is 2.26. The van der Waals surface area contributed by atoms with E-state index in [-0.39, 0.29) is 12.0 Å². The zero-order valence-corrected chi connectivity index (χ0v) is 13.4. The SMILES string of the molecule is Cc1cc(CC[C@H]2CN(C(=O)c3coc(C)n3)CCO2)ncn1. The van der Waals surface area contributed by atoms with Crippen molar-refractivity contribution in [2.45, 2.75) is 32.8 Å². The van der Waals surface area contributed by atoms with E-state index in [4.69, 9.17) is 9.15 Å². The van der Waals surface area contributed by atoms with Gasteiger partial charge >= 0.3 is 0 Å². The Morgan fingerprint density at radius 1 is 1.39 bits per heavy atom. The van der Waals surface area contributed by atoms with Crippen molar-refractivity contribution in [2.24, 2.45) is 0 Å². The average molecular weight is 316 g/mol. The molecule has 1 fully saturated rings. The summed E-state index contributed by atoms with van der Waals surface area (Å²) in [4.78, 5) is 26.6. The van der Waals surface area contributed by atoms with E-state index in [9.17, 15) is 4.79 Å². The lowest BCUT2D eigenvalue weighted by Crippen LogP contribution is -2.45. The smallest absolute Gasteiger partial charge is 0.275 e. The minimum absolute atomic E-state index is 0.0102. The van der Waals surface area contributed by atoms with Crippen molar-refractivity contribution >= 4 is 5.91 Å². The minimum atomic E-state index is -0.104. The third-order valence-electron chi connectivity index (χ3n) is 3.85. The Balaban J connectivity index is 1.56. The van der Waals surface area contributed by atoms with Crippen LogP contribution < -0.4 is 0 Å². The van der Waals surface area contributed by atoms with E-state index in [1.165, 1.54) is 6.26 Å². The highest BCUT2D eigenvalue weighted by Crippen LogP contribution is 2.14. The van der Waals surface area contributed by atoms with Gasteiger partial charge in [-0.3, -0.25) is 4.79 Å². The number of nitrogens with zero attached hydrogens (tertiary/aromatic N) is 4. The number of rotatable bonds is 4. The first-order chi connectivity index (χ1) is 11.1. The molecule has 7 nitrogen and oxygen atoms in total. The fraction of sp³-hybridized carbons (Fsp3) is 0.500. The van der Waals surface area contributed by atoms with Gasteiger partial charge in [-0.05, 0) is 25.8 Å². The molecular weight excluding hydrogens is 296 g/mol. The molecule has 0 unspecified atom stereocenters. The maximum Gasteiger partial charge on any atom is 0.275 e. The first-order valence-electron chi connectivity index (χ1n) is 7.72. The van der Waals surface area contributed by atoms with Crippen LogP contribution in [0.2, 0.25) is 0 Å². The van der Waals surface area contributed by atoms with E-state index < -0.39 is 0 Å². The lowest BCUT2D eigenvalue weighted by atomic mass is 10.1. The predicted molar refractivity (Wildman–Crippen MR) is 82.0 cm³/mol. The van der Waals surface area contributed by atoms with Crippen molar-refractivity contribution in [1.29, 1.82) is 0 Å². The molecule has 1 amide bonds. The molecule has 2 aromatic heterocycles. The van der Waals surface area contributed by atoms with Gasteiger partial charge in [-0.1, -0.05) is 0 Å². The van der Waals surface area contributed by atoms with Crippen LogP contribution in [-0.2, 0) is 11.2 Å². The lowest BCUT2D eigenvalue weighted by Gasteiger charge is -2.32. The maximum atomic E-state index is 12.4. The first kappa shape index (κ1) is 15.6. The second-order valence-corrected chi connectivity index (χ2v) is 5.69. The van der Waals surface area contributed by atoms with E-state index in [0.717, 1.165) is 24.2 Å². The molecule has 0 saturated carbocycles. The Bertz CT molecular complexity index is 685. The fourth-order valence-electron chi connectivity index (χ4n) is 2.66. The van der Waals surface area contributed by atoms with Gasteiger partial charge in [0.05, 0.1) is 12.7 Å². The normalized spacial score (nSPS) is 18.2. The molecule has 0 spiro atoms. The van der Waals surface area contributed by atoms with Gasteiger partial charge in [-0.25, -0.2) is 15.0 Å². The summed E-state index contributed by atoms with van der Waals surface area (Å²) in [6, 6.07) is 1.98. The molecule has 0 radical (unpaired) electrons. The van der Waals surface area contributed by atoms with Gasteiger partial charge in [-0.2, -0.15) is 0 Å². The summed E-state index contributed by atoms with van der Waals surface area (Å²) in [7, 11) is 0. The summed E-state index contributed by atoms with van der Waals surface area (Å²) in [6.07, 6.45) is 4.62. The fourth-order valence-corrected chi connectivity index (χ4v) is 2.66. The van der Waals surface area contributed by atoms with Gasteiger partial charge < -0.3 is 14.1 Å². The van der Waals surface area contributed by atoms with Gasteiger partial charge in [0.1, 0.15) is 12.6 Å². The van der Waals surface area contributed by atoms with Crippen molar-refractivity contribution in [2.75, 3.05) is 19.7 Å². The van der Waals surface area contributed by atoms with Crippen LogP contribution in [0.15, 0.2) is 23.1 Å². The van der Waals surface area contributed by atoms with Crippen molar-refractivity contribution in [3.8, 4) is 0 Å². The zero-order valence-electron chi connectivity index (χ0n) is 13.4. The van der Waals surface area contributed by atoms with Crippen LogP contribution in [0.1, 0.15) is 34.2 Å². The molecule has 7 heteroatoms. The number of amides is 1. The second-order valence-electron chi connectivity index (χ2n) is 5.69. The van der Waals surface area contributed by atoms with Crippen LogP contribution in [0.5, 0.6) is 0 Å². The summed E-state index contributed by atoms with van der Waals surface area (Å²) in [5.41, 5.74) is 2.31. The highest BCUT2D eigenvalue weighted by atomic mass is 16.5. The lowest BCUT2D eigenvalue weighted by molar-refractivity contribution is -0.0248. The van der Waals surface area contributed by atoms with Gasteiger partial charge in [0.25, 0.3) is 5.91 Å². The molecule has 1 atom stereocenters. The van der Waals surface area contributed by atoms with Gasteiger partial charge in [-0.15, -0.1) is 0 Å². The summed E-state index contributed by atoms with van der Waals surface area (Å²) in [5, 5.41) is 0. The Morgan fingerprint density at radius 3 is 3.00 bits per heavy atom. The number of carbonyl (C=O) groups excluding carboxylic acids is 1. The molecule has 2 aromatic rings. The predicted octanol–water partition coefficient (Wildman–Crippen LogP) is 1.56. The van der Waals surface area contributed by atoms with Crippen molar-refractivity contribution in [3.63, 3.8) is 0 Å². The van der Waals surface area contributed by atoms with Crippen LogP contribution in [-0.4, -0.2) is 51.6 Å². The number of aryl methyl sites for hydroxylation is 3. The summed E-state index contributed by atoms with van der Waals surface area (Å²) in [5.74, 6) is 0.394. The second kappa shape index (κ2) is 6.87. The largest absolute Gasteiger partial charge is 0.448 e. The quantitative estimate of drug-likeness (QED) is 0.851. The van der Waals surface area contributed by atoms with E-state index >= 15 is 0 Å². The number of hydrogen-bond donors (Lipinski definition) is 0. The minimum Gasteiger partial charge on any atom is -0.448 e. The molecule has 0 aliphatic carbocycles. The third kappa shape index (κ3) is 3.92.